The minimum atomic E-state index is -0.611. The number of Topliss-reactive ketones (excluding diaryl/α,β-unsaturated/α-hetero) is 1. The molecule has 3 nitrogen and oxygen atoms in total. The van der Waals surface area contributed by atoms with Gasteiger partial charge in [0.05, 0.1) is 6.61 Å². The molecule has 1 atom stereocenters. The molecule has 12 heavy (non-hydrogen) atoms. The van der Waals surface area contributed by atoms with Crippen LogP contribution >= 0.6 is 0 Å². The summed E-state index contributed by atoms with van der Waals surface area (Å²) in [7, 11) is 0. The van der Waals surface area contributed by atoms with Crippen molar-refractivity contribution in [2.24, 2.45) is 5.92 Å². The molecule has 0 radical (unpaired) electrons. The van der Waals surface area contributed by atoms with Gasteiger partial charge in [-0.05, 0) is 20.8 Å². The van der Waals surface area contributed by atoms with E-state index in [1.807, 2.05) is 13.8 Å². The first-order chi connectivity index (χ1) is 5.59. The van der Waals surface area contributed by atoms with E-state index in [1.54, 1.807) is 13.8 Å². The Balaban J connectivity index is 0. The fourth-order valence-electron chi connectivity index (χ4n) is 0.433. The van der Waals surface area contributed by atoms with Gasteiger partial charge in [-0.1, -0.05) is 13.8 Å². The Bertz CT molecular complexity index is 141. The molecule has 0 amide bonds. The summed E-state index contributed by atoms with van der Waals surface area (Å²) in [5, 5.41) is 0. The van der Waals surface area contributed by atoms with E-state index in [1.165, 1.54) is 6.92 Å². The zero-order valence-electron chi connectivity index (χ0n) is 8.51. The number of ether oxygens (including phenoxy) is 1. The molecule has 0 aliphatic carbocycles. The average molecular weight is 174 g/mol. The third kappa shape index (κ3) is 5.89. The predicted molar refractivity (Wildman–Crippen MR) is 47.8 cm³/mol. The largest absolute Gasteiger partial charge is 0.465 e. The molecule has 0 bridgehead atoms. The summed E-state index contributed by atoms with van der Waals surface area (Å²) in [6.07, 6.45) is 0. The topological polar surface area (TPSA) is 43.4 Å². The lowest BCUT2D eigenvalue weighted by molar-refractivity contribution is -0.150. The maximum absolute atomic E-state index is 10.7. The summed E-state index contributed by atoms with van der Waals surface area (Å²) in [5.74, 6) is -1.20. The molecule has 0 heterocycles. The number of hydrogen-bond acceptors (Lipinski definition) is 3. The van der Waals surface area contributed by atoms with Crippen molar-refractivity contribution < 1.29 is 14.3 Å². The van der Waals surface area contributed by atoms with Crippen molar-refractivity contribution in [3.8, 4) is 0 Å². The molecule has 0 aromatic carbocycles. The van der Waals surface area contributed by atoms with E-state index in [4.69, 9.17) is 0 Å². The highest BCUT2D eigenvalue weighted by Crippen LogP contribution is 1.98. The van der Waals surface area contributed by atoms with Gasteiger partial charge in [-0.3, -0.25) is 9.59 Å². The number of carbonyl (C=O) groups excluding carboxylic acids is 2. The van der Waals surface area contributed by atoms with E-state index in [0.717, 1.165) is 0 Å². The summed E-state index contributed by atoms with van der Waals surface area (Å²) < 4.78 is 4.61. The highest BCUT2D eigenvalue weighted by molar-refractivity contribution is 5.97. The van der Waals surface area contributed by atoms with Gasteiger partial charge in [0.15, 0.2) is 0 Å². The van der Waals surface area contributed by atoms with Gasteiger partial charge in [-0.15, -0.1) is 0 Å². The van der Waals surface area contributed by atoms with Crippen LogP contribution in [0.25, 0.3) is 0 Å². The van der Waals surface area contributed by atoms with Crippen molar-refractivity contribution in [3.05, 3.63) is 0 Å². The van der Waals surface area contributed by atoms with Gasteiger partial charge in [-0.25, -0.2) is 0 Å². The smallest absolute Gasteiger partial charge is 0.316 e. The fourth-order valence-corrected chi connectivity index (χ4v) is 0.433. The molecular weight excluding hydrogens is 156 g/mol. The average Bonchev–Trinajstić information content (AvgIpc) is 2.07. The third-order valence-corrected chi connectivity index (χ3v) is 1.25. The van der Waals surface area contributed by atoms with Gasteiger partial charge in [-0.2, -0.15) is 0 Å². The van der Waals surface area contributed by atoms with Crippen LogP contribution < -0.4 is 0 Å². The number of carbonyl (C=O) groups is 2. The summed E-state index contributed by atoms with van der Waals surface area (Å²) in [4.78, 5) is 21.3. The Hall–Kier alpha value is -0.860. The van der Waals surface area contributed by atoms with Gasteiger partial charge in [0.25, 0.3) is 0 Å². The van der Waals surface area contributed by atoms with Crippen molar-refractivity contribution in [1.82, 2.24) is 0 Å². The normalized spacial score (nSPS) is 10.8. The second-order valence-electron chi connectivity index (χ2n) is 2.08. The molecule has 0 saturated carbocycles. The lowest BCUT2D eigenvalue weighted by atomic mass is 10.1. The molecule has 0 aliphatic heterocycles. The van der Waals surface area contributed by atoms with Crippen molar-refractivity contribution in [1.29, 1.82) is 0 Å². The van der Waals surface area contributed by atoms with Gasteiger partial charge in [0, 0.05) is 0 Å². The summed E-state index contributed by atoms with van der Waals surface area (Å²) in [5.41, 5.74) is 0. The lowest BCUT2D eigenvalue weighted by Crippen LogP contribution is -2.20. The Morgan fingerprint density at radius 3 is 2.00 bits per heavy atom. The minimum Gasteiger partial charge on any atom is -0.465 e. The van der Waals surface area contributed by atoms with Gasteiger partial charge < -0.3 is 4.74 Å². The maximum Gasteiger partial charge on any atom is 0.316 e. The monoisotopic (exact) mass is 174 g/mol. The highest BCUT2D eigenvalue weighted by Gasteiger charge is 2.17. The summed E-state index contributed by atoms with van der Waals surface area (Å²) in [6.45, 7) is 8.96. The molecule has 1 unspecified atom stereocenters. The van der Waals surface area contributed by atoms with Crippen LogP contribution in [-0.4, -0.2) is 18.4 Å². The predicted octanol–water partition coefficient (Wildman–Crippen LogP) is 1.80. The maximum atomic E-state index is 10.7. The minimum absolute atomic E-state index is 0.154. The first-order valence-corrected chi connectivity index (χ1v) is 4.26. The summed E-state index contributed by atoms with van der Waals surface area (Å²) >= 11 is 0. The Morgan fingerprint density at radius 2 is 1.75 bits per heavy atom. The van der Waals surface area contributed by atoms with Gasteiger partial charge in [0.2, 0.25) is 0 Å². The van der Waals surface area contributed by atoms with E-state index in [2.05, 4.69) is 4.74 Å². The van der Waals surface area contributed by atoms with Crippen molar-refractivity contribution in [2.75, 3.05) is 6.61 Å². The Morgan fingerprint density at radius 1 is 1.33 bits per heavy atom. The Kier molecular flexibility index (Phi) is 9.41. The van der Waals surface area contributed by atoms with E-state index in [0.29, 0.717) is 6.61 Å². The van der Waals surface area contributed by atoms with Crippen LogP contribution in [0.3, 0.4) is 0 Å². The van der Waals surface area contributed by atoms with Crippen LogP contribution in [0.2, 0.25) is 0 Å². The van der Waals surface area contributed by atoms with Crippen LogP contribution in [0, 0.1) is 5.92 Å². The molecule has 0 spiro atoms. The second kappa shape index (κ2) is 8.24. The van der Waals surface area contributed by atoms with Gasteiger partial charge in [0.1, 0.15) is 11.7 Å². The summed E-state index contributed by atoms with van der Waals surface area (Å²) in [6, 6.07) is 0. The van der Waals surface area contributed by atoms with Crippen LogP contribution in [0.4, 0.5) is 0 Å². The molecule has 72 valence electrons. The number of hydrogen-bond donors (Lipinski definition) is 0. The van der Waals surface area contributed by atoms with E-state index < -0.39 is 11.9 Å². The van der Waals surface area contributed by atoms with Crippen LogP contribution in [0.5, 0.6) is 0 Å². The van der Waals surface area contributed by atoms with E-state index in [9.17, 15) is 9.59 Å². The van der Waals surface area contributed by atoms with Crippen molar-refractivity contribution in [2.45, 2.75) is 34.6 Å². The first kappa shape index (κ1) is 13.7. The number of rotatable bonds is 3. The SMILES string of the molecule is CC.CCOC(=O)C(C)C(C)=O. The second-order valence-corrected chi connectivity index (χ2v) is 2.08. The molecule has 3 heteroatoms. The molecule has 0 saturated heterocycles. The molecule has 0 rings (SSSR count). The molecule has 0 aliphatic rings. The van der Waals surface area contributed by atoms with Crippen LogP contribution in [-0.2, 0) is 14.3 Å². The molecule has 0 aromatic rings. The first-order valence-electron chi connectivity index (χ1n) is 4.26. The zero-order valence-corrected chi connectivity index (χ0v) is 8.51. The molecule has 0 fully saturated rings. The highest BCUT2D eigenvalue weighted by atomic mass is 16.5. The van der Waals surface area contributed by atoms with Crippen molar-refractivity contribution >= 4 is 11.8 Å². The third-order valence-electron chi connectivity index (χ3n) is 1.25. The molecule has 0 N–H and O–H groups in total. The number of ketones is 1. The van der Waals surface area contributed by atoms with Gasteiger partial charge >= 0.3 is 5.97 Å². The quantitative estimate of drug-likeness (QED) is 0.484. The van der Waals surface area contributed by atoms with Crippen LogP contribution in [0.15, 0.2) is 0 Å². The van der Waals surface area contributed by atoms with Crippen molar-refractivity contribution in [3.63, 3.8) is 0 Å². The molecular formula is C9H18O3. The lowest BCUT2D eigenvalue weighted by Gasteiger charge is -2.04. The van der Waals surface area contributed by atoms with E-state index in [-0.39, 0.29) is 5.78 Å². The van der Waals surface area contributed by atoms with Crippen LogP contribution in [0.1, 0.15) is 34.6 Å². The van der Waals surface area contributed by atoms with E-state index >= 15 is 0 Å². The Labute approximate surface area is 74.1 Å². The number of esters is 1. The fraction of sp³-hybridized carbons (Fsp3) is 0.778. The standard InChI is InChI=1S/C7H12O3.C2H6/c1-4-10-7(9)5(2)6(3)8;1-2/h5H,4H2,1-3H3;1-2H3. The molecule has 0 aromatic heterocycles. The zero-order chi connectivity index (χ0) is 10.1.